The van der Waals surface area contributed by atoms with Gasteiger partial charge in [-0.25, -0.2) is 0 Å². The maximum absolute atomic E-state index is 11.8. The zero-order chi connectivity index (χ0) is 13.0. The van der Waals surface area contributed by atoms with E-state index in [4.69, 9.17) is 4.74 Å². The number of carbonyl (C=O) groups is 1. The lowest BCUT2D eigenvalue weighted by Crippen LogP contribution is -2.43. The molecule has 0 aromatic carbocycles. The summed E-state index contributed by atoms with van der Waals surface area (Å²) in [7, 11) is 0. The van der Waals surface area contributed by atoms with Gasteiger partial charge in [0.2, 0.25) is 5.91 Å². The number of anilines is 1. The van der Waals surface area contributed by atoms with Crippen LogP contribution in [-0.2, 0) is 9.53 Å². The summed E-state index contributed by atoms with van der Waals surface area (Å²) in [6.45, 7) is 1.93. The zero-order valence-corrected chi connectivity index (χ0v) is 11.2. The van der Waals surface area contributed by atoms with Crippen molar-refractivity contribution in [2.24, 2.45) is 0 Å². The summed E-state index contributed by atoms with van der Waals surface area (Å²) in [6, 6.07) is 1.58. The maximum Gasteiger partial charge on any atom is 0.271 e. The molecule has 0 saturated carbocycles. The number of amides is 1. The van der Waals surface area contributed by atoms with Gasteiger partial charge in [-0.05, 0) is 22.0 Å². The van der Waals surface area contributed by atoms with Crippen LogP contribution < -0.4 is 16.2 Å². The Bertz CT molecular complexity index is 483. The normalized spacial score (nSPS) is 19.5. The highest BCUT2D eigenvalue weighted by Crippen LogP contribution is 2.10. The molecule has 1 amide bonds. The maximum atomic E-state index is 11.8. The van der Waals surface area contributed by atoms with Crippen LogP contribution in [0.1, 0.15) is 6.42 Å². The van der Waals surface area contributed by atoms with Gasteiger partial charge in [0.25, 0.3) is 5.56 Å². The monoisotopic (exact) mass is 315 g/mol. The molecule has 0 spiro atoms. The van der Waals surface area contributed by atoms with Crippen LogP contribution in [0.15, 0.2) is 21.5 Å². The third-order valence-corrected chi connectivity index (χ3v) is 3.03. The molecular formula is C11H14BrN3O3. The van der Waals surface area contributed by atoms with E-state index in [0.29, 0.717) is 17.7 Å². The molecule has 1 aliphatic rings. The van der Waals surface area contributed by atoms with Crippen molar-refractivity contribution >= 4 is 27.5 Å². The Morgan fingerprint density at radius 3 is 3.17 bits per heavy atom. The Morgan fingerprint density at radius 2 is 2.44 bits per heavy atom. The molecule has 0 bridgehead atoms. The molecule has 6 nitrogen and oxygen atoms in total. The van der Waals surface area contributed by atoms with Crippen LogP contribution in [0.5, 0.6) is 0 Å². The predicted molar refractivity (Wildman–Crippen MR) is 70.6 cm³/mol. The van der Waals surface area contributed by atoms with Crippen molar-refractivity contribution in [2.75, 3.05) is 25.1 Å². The van der Waals surface area contributed by atoms with E-state index in [0.717, 1.165) is 6.54 Å². The second-order valence-corrected chi connectivity index (χ2v) is 4.95. The van der Waals surface area contributed by atoms with E-state index in [-0.39, 0.29) is 29.6 Å². The van der Waals surface area contributed by atoms with E-state index in [1.54, 1.807) is 6.07 Å². The molecule has 1 aromatic heterocycles. The molecule has 2 heterocycles. The predicted octanol–water partition coefficient (Wildman–Crippen LogP) is 0.454. The summed E-state index contributed by atoms with van der Waals surface area (Å²) >= 11 is 3.23. The Kier molecular flexibility index (Phi) is 4.51. The number of pyridine rings is 1. The SMILES string of the molecule is O=C(CC1COCCN1)Nc1cc(Br)c[nH]c1=O. The lowest BCUT2D eigenvalue weighted by Gasteiger charge is -2.23. The molecule has 0 radical (unpaired) electrons. The Labute approximate surface area is 112 Å². The number of nitrogens with one attached hydrogen (secondary N) is 3. The lowest BCUT2D eigenvalue weighted by molar-refractivity contribution is -0.117. The number of carbonyl (C=O) groups excluding carboxylic acids is 1. The standard InChI is InChI=1S/C11H14BrN3O3/c12-7-3-9(11(17)14-5-7)15-10(16)4-8-6-18-2-1-13-8/h3,5,8,13H,1-2,4,6H2,(H,14,17)(H,15,16). The number of halogens is 1. The Balaban J connectivity index is 1.94. The van der Waals surface area contributed by atoms with E-state index in [1.807, 2.05) is 0 Å². The first kappa shape index (κ1) is 13.3. The highest BCUT2D eigenvalue weighted by molar-refractivity contribution is 9.10. The van der Waals surface area contributed by atoms with Gasteiger partial charge in [0.1, 0.15) is 5.69 Å². The fourth-order valence-corrected chi connectivity index (χ4v) is 2.07. The number of ether oxygens (including phenoxy) is 1. The molecule has 2 rings (SSSR count). The van der Waals surface area contributed by atoms with E-state index in [1.165, 1.54) is 6.20 Å². The topological polar surface area (TPSA) is 83.2 Å². The van der Waals surface area contributed by atoms with Crippen LogP contribution in [0.3, 0.4) is 0 Å². The molecule has 7 heteroatoms. The van der Waals surface area contributed by atoms with Crippen molar-refractivity contribution in [2.45, 2.75) is 12.5 Å². The van der Waals surface area contributed by atoms with Gasteiger partial charge < -0.3 is 20.4 Å². The molecule has 1 unspecified atom stereocenters. The molecule has 0 aliphatic carbocycles. The minimum Gasteiger partial charge on any atom is -0.378 e. The second-order valence-electron chi connectivity index (χ2n) is 4.04. The quantitative estimate of drug-likeness (QED) is 0.756. The van der Waals surface area contributed by atoms with E-state index < -0.39 is 0 Å². The summed E-state index contributed by atoms with van der Waals surface area (Å²) in [6.07, 6.45) is 1.81. The molecule has 1 aromatic rings. The largest absolute Gasteiger partial charge is 0.378 e. The minimum absolute atomic E-state index is 0.00462. The molecule has 1 aliphatic heterocycles. The van der Waals surface area contributed by atoms with Gasteiger partial charge in [0, 0.05) is 29.7 Å². The number of H-pyrrole nitrogens is 1. The van der Waals surface area contributed by atoms with Gasteiger partial charge in [-0.1, -0.05) is 0 Å². The molecule has 98 valence electrons. The number of hydrogen-bond donors (Lipinski definition) is 3. The molecule has 18 heavy (non-hydrogen) atoms. The average Bonchev–Trinajstić information content (AvgIpc) is 2.35. The van der Waals surface area contributed by atoms with Crippen LogP contribution >= 0.6 is 15.9 Å². The summed E-state index contributed by atoms with van der Waals surface area (Å²) in [5.74, 6) is -0.207. The minimum atomic E-state index is -0.320. The molecule has 1 atom stereocenters. The van der Waals surface area contributed by atoms with Crippen molar-refractivity contribution in [1.29, 1.82) is 0 Å². The van der Waals surface area contributed by atoms with Gasteiger partial charge in [-0.15, -0.1) is 0 Å². The smallest absolute Gasteiger partial charge is 0.271 e. The molecular weight excluding hydrogens is 302 g/mol. The van der Waals surface area contributed by atoms with Crippen molar-refractivity contribution < 1.29 is 9.53 Å². The third-order valence-electron chi connectivity index (χ3n) is 2.57. The van der Waals surface area contributed by atoms with Crippen LogP contribution in [0.4, 0.5) is 5.69 Å². The average molecular weight is 316 g/mol. The fourth-order valence-electron chi connectivity index (χ4n) is 1.73. The molecule has 1 saturated heterocycles. The van der Waals surface area contributed by atoms with Crippen molar-refractivity contribution in [1.82, 2.24) is 10.3 Å². The first-order valence-corrected chi connectivity index (χ1v) is 6.43. The highest BCUT2D eigenvalue weighted by Gasteiger charge is 2.17. The molecule has 3 N–H and O–H groups in total. The van der Waals surface area contributed by atoms with Crippen molar-refractivity contribution in [3.63, 3.8) is 0 Å². The summed E-state index contributed by atoms with van der Waals surface area (Å²) in [5.41, 5.74) is -0.0782. The third kappa shape index (κ3) is 3.66. The van der Waals surface area contributed by atoms with Gasteiger partial charge in [0.15, 0.2) is 0 Å². The van der Waals surface area contributed by atoms with Crippen LogP contribution in [0.25, 0.3) is 0 Å². The van der Waals surface area contributed by atoms with Gasteiger partial charge >= 0.3 is 0 Å². The number of aromatic nitrogens is 1. The van der Waals surface area contributed by atoms with Crippen molar-refractivity contribution in [3.05, 3.63) is 27.1 Å². The first-order chi connectivity index (χ1) is 8.65. The Morgan fingerprint density at radius 1 is 1.61 bits per heavy atom. The van der Waals surface area contributed by atoms with E-state index >= 15 is 0 Å². The van der Waals surface area contributed by atoms with Gasteiger partial charge in [-0.2, -0.15) is 0 Å². The number of hydrogen-bond acceptors (Lipinski definition) is 4. The fraction of sp³-hybridized carbons (Fsp3) is 0.455. The first-order valence-electron chi connectivity index (χ1n) is 5.64. The van der Waals surface area contributed by atoms with Gasteiger partial charge in [-0.3, -0.25) is 9.59 Å². The van der Waals surface area contributed by atoms with E-state index in [9.17, 15) is 9.59 Å². The summed E-state index contributed by atoms with van der Waals surface area (Å²) in [5, 5.41) is 5.77. The van der Waals surface area contributed by atoms with E-state index in [2.05, 4.69) is 31.5 Å². The zero-order valence-electron chi connectivity index (χ0n) is 9.66. The summed E-state index contributed by atoms with van der Waals surface area (Å²) in [4.78, 5) is 25.8. The van der Waals surface area contributed by atoms with Crippen molar-refractivity contribution in [3.8, 4) is 0 Å². The Hall–Kier alpha value is -1.18. The number of morpholine rings is 1. The van der Waals surface area contributed by atoms with Crippen LogP contribution in [0.2, 0.25) is 0 Å². The second kappa shape index (κ2) is 6.12. The summed E-state index contributed by atoms with van der Waals surface area (Å²) < 4.78 is 5.96. The van der Waals surface area contributed by atoms with Crippen LogP contribution in [-0.4, -0.2) is 36.7 Å². The highest BCUT2D eigenvalue weighted by atomic mass is 79.9. The molecule has 1 fully saturated rings. The lowest BCUT2D eigenvalue weighted by atomic mass is 10.2. The van der Waals surface area contributed by atoms with Crippen LogP contribution in [0, 0.1) is 0 Å². The number of rotatable bonds is 3. The van der Waals surface area contributed by atoms with Gasteiger partial charge in [0.05, 0.1) is 13.2 Å². The number of aromatic amines is 1.